The standard InChI is InChI=1S/C17H17ClN4O2S2/c1-10(16(23)19-11-5-6-14(24-2)13(18)8-11)26-17-20-15(21-22-17)9-12-4-3-7-25-12/h3-8,10H,9H2,1-2H3,(H,19,23)(H,20,21,22). The number of rotatable bonds is 7. The van der Waals surface area contributed by atoms with Crippen LogP contribution in [0.3, 0.4) is 0 Å². The number of carbonyl (C=O) groups is 1. The maximum absolute atomic E-state index is 12.4. The lowest BCUT2D eigenvalue weighted by molar-refractivity contribution is -0.115. The van der Waals surface area contributed by atoms with Gasteiger partial charge in [-0.05, 0) is 36.6 Å². The van der Waals surface area contributed by atoms with Crippen LogP contribution in [0.15, 0.2) is 40.9 Å². The maximum atomic E-state index is 12.4. The number of nitrogens with zero attached hydrogens (tertiary/aromatic N) is 2. The third-order valence-corrected chi connectivity index (χ3v) is 5.64. The summed E-state index contributed by atoms with van der Waals surface area (Å²) in [6.45, 7) is 1.81. The summed E-state index contributed by atoms with van der Waals surface area (Å²) in [7, 11) is 1.54. The number of H-pyrrole nitrogens is 1. The number of thiophene rings is 1. The minimum atomic E-state index is -0.360. The van der Waals surface area contributed by atoms with Gasteiger partial charge >= 0.3 is 0 Å². The Bertz CT molecular complexity index is 883. The molecule has 1 atom stereocenters. The summed E-state index contributed by atoms with van der Waals surface area (Å²) >= 11 is 9.05. The molecule has 3 aromatic rings. The number of ether oxygens (including phenoxy) is 1. The smallest absolute Gasteiger partial charge is 0.237 e. The van der Waals surface area contributed by atoms with E-state index in [2.05, 4.69) is 26.6 Å². The Morgan fingerprint density at radius 3 is 3.00 bits per heavy atom. The van der Waals surface area contributed by atoms with Gasteiger partial charge in [0.2, 0.25) is 11.1 Å². The molecule has 1 unspecified atom stereocenters. The van der Waals surface area contributed by atoms with E-state index < -0.39 is 0 Å². The Balaban J connectivity index is 1.57. The predicted molar refractivity (Wildman–Crippen MR) is 105 cm³/mol. The van der Waals surface area contributed by atoms with Crippen LogP contribution in [0.4, 0.5) is 5.69 Å². The third kappa shape index (κ3) is 4.78. The van der Waals surface area contributed by atoms with E-state index in [9.17, 15) is 4.79 Å². The van der Waals surface area contributed by atoms with Crippen molar-refractivity contribution < 1.29 is 9.53 Å². The van der Waals surface area contributed by atoms with Gasteiger partial charge in [0, 0.05) is 17.0 Å². The van der Waals surface area contributed by atoms with Gasteiger partial charge in [-0.1, -0.05) is 29.4 Å². The second-order valence-corrected chi connectivity index (χ2v) is 8.17. The molecule has 0 bridgehead atoms. The molecule has 0 radical (unpaired) electrons. The molecule has 0 aliphatic rings. The molecule has 0 fully saturated rings. The van der Waals surface area contributed by atoms with Crippen molar-refractivity contribution in [3.8, 4) is 5.75 Å². The summed E-state index contributed by atoms with van der Waals surface area (Å²) in [5.74, 6) is 1.19. The number of carbonyl (C=O) groups excluding carboxylic acids is 1. The lowest BCUT2D eigenvalue weighted by Gasteiger charge is -2.11. The fourth-order valence-electron chi connectivity index (χ4n) is 2.19. The van der Waals surface area contributed by atoms with Crippen molar-refractivity contribution in [2.45, 2.75) is 23.8 Å². The second-order valence-electron chi connectivity index (χ2n) is 5.42. The van der Waals surface area contributed by atoms with Crippen molar-refractivity contribution in [1.29, 1.82) is 0 Å². The van der Waals surface area contributed by atoms with E-state index >= 15 is 0 Å². The number of hydrogen-bond acceptors (Lipinski definition) is 6. The molecule has 6 nitrogen and oxygen atoms in total. The number of aromatic amines is 1. The molecule has 1 amide bonds. The van der Waals surface area contributed by atoms with Gasteiger partial charge in [-0.3, -0.25) is 9.89 Å². The zero-order valence-electron chi connectivity index (χ0n) is 14.2. The molecule has 2 aromatic heterocycles. The van der Waals surface area contributed by atoms with Gasteiger partial charge in [0.15, 0.2) is 0 Å². The largest absolute Gasteiger partial charge is 0.495 e. The van der Waals surface area contributed by atoms with Crippen LogP contribution in [-0.4, -0.2) is 33.4 Å². The molecule has 2 heterocycles. The first-order valence-electron chi connectivity index (χ1n) is 7.80. The zero-order valence-corrected chi connectivity index (χ0v) is 16.5. The number of aromatic nitrogens is 3. The van der Waals surface area contributed by atoms with E-state index in [1.807, 2.05) is 11.4 Å². The lowest BCUT2D eigenvalue weighted by Crippen LogP contribution is -2.22. The van der Waals surface area contributed by atoms with Crippen LogP contribution in [0.25, 0.3) is 0 Å². The minimum absolute atomic E-state index is 0.152. The first kappa shape index (κ1) is 18.8. The number of anilines is 1. The first-order chi connectivity index (χ1) is 12.5. The van der Waals surface area contributed by atoms with Gasteiger partial charge in [-0.25, -0.2) is 4.98 Å². The van der Waals surface area contributed by atoms with Crippen molar-refractivity contribution in [3.63, 3.8) is 0 Å². The molecule has 0 aliphatic carbocycles. The second kappa shape index (κ2) is 8.57. The van der Waals surface area contributed by atoms with Gasteiger partial charge in [0.25, 0.3) is 0 Å². The fourth-order valence-corrected chi connectivity index (χ4v) is 3.90. The molecule has 2 N–H and O–H groups in total. The molecule has 26 heavy (non-hydrogen) atoms. The van der Waals surface area contributed by atoms with Gasteiger partial charge in [-0.15, -0.1) is 16.4 Å². The monoisotopic (exact) mass is 408 g/mol. The lowest BCUT2D eigenvalue weighted by atomic mass is 10.3. The molecule has 9 heteroatoms. The first-order valence-corrected chi connectivity index (χ1v) is 9.93. The van der Waals surface area contributed by atoms with Crippen LogP contribution in [0.5, 0.6) is 5.75 Å². The van der Waals surface area contributed by atoms with Gasteiger partial charge in [0.1, 0.15) is 11.6 Å². The van der Waals surface area contributed by atoms with Crippen molar-refractivity contribution in [1.82, 2.24) is 15.2 Å². The average Bonchev–Trinajstić information content (AvgIpc) is 3.27. The van der Waals surface area contributed by atoms with Crippen molar-refractivity contribution >= 4 is 46.3 Å². The van der Waals surface area contributed by atoms with E-state index in [0.29, 0.717) is 28.0 Å². The number of amides is 1. The molecule has 136 valence electrons. The number of methoxy groups -OCH3 is 1. The van der Waals surface area contributed by atoms with Gasteiger partial charge in [-0.2, -0.15) is 0 Å². The topological polar surface area (TPSA) is 79.9 Å². The number of nitrogens with one attached hydrogen (secondary N) is 2. The fraction of sp³-hybridized carbons (Fsp3) is 0.235. The Labute approximate surface area is 164 Å². The molecule has 0 spiro atoms. The molecular formula is C17H17ClN4O2S2. The quantitative estimate of drug-likeness (QED) is 0.571. The number of hydrogen-bond donors (Lipinski definition) is 2. The summed E-state index contributed by atoms with van der Waals surface area (Å²) in [6, 6.07) is 9.16. The maximum Gasteiger partial charge on any atom is 0.237 e. The van der Waals surface area contributed by atoms with Crippen LogP contribution in [0.2, 0.25) is 5.02 Å². The highest BCUT2D eigenvalue weighted by Gasteiger charge is 2.18. The Kier molecular flexibility index (Phi) is 6.18. The van der Waals surface area contributed by atoms with Crippen molar-refractivity contribution in [3.05, 3.63) is 51.4 Å². The Hall–Kier alpha value is -2.03. The molecule has 3 rings (SSSR count). The van der Waals surface area contributed by atoms with E-state index in [-0.39, 0.29) is 11.2 Å². The van der Waals surface area contributed by atoms with Crippen LogP contribution in [-0.2, 0) is 11.2 Å². The normalized spacial score (nSPS) is 12.0. The Morgan fingerprint density at radius 2 is 2.31 bits per heavy atom. The number of halogens is 1. The van der Waals surface area contributed by atoms with Crippen LogP contribution < -0.4 is 10.1 Å². The van der Waals surface area contributed by atoms with E-state index in [4.69, 9.17) is 16.3 Å². The number of thioether (sulfide) groups is 1. The summed E-state index contributed by atoms with van der Waals surface area (Å²) in [4.78, 5) is 18.0. The predicted octanol–water partition coefficient (Wildman–Crippen LogP) is 4.24. The van der Waals surface area contributed by atoms with E-state index in [0.717, 1.165) is 5.82 Å². The summed E-state index contributed by atoms with van der Waals surface area (Å²) in [6.07, 6.45) is 0.705. The molecule has 1 aromatic carbocycles. The molecule has 0 saturated carbocycles. The average molecular weight is 409 g/mol. The van der Waals surface area contributed by atoms with Gasteiger partial charge in [0.05, 0.1) is 17.4 Å². The zero-order chi connectivity index (χ0) is 18.5. The van der Waals surface area contributed by atoms with Crippen LogP contribution in [0, 0.1) is 0 Å². The van der Waals surface area contributed by atoms with Crippen molar-refractivity contribution in [2.24, 2.45) is 0 Å². The Morgan fingerprint density at radius 1 is 1.46 bits per heavy atom. The molecular weight excluding hydrogens is 392 g/mol. The molecule has 0 saturated heterocycles. The minimum Gasteiger partial charge on any atom is -0.495 e. The number of benzene rings is 1. The summed E-state index contributed by atoms with van der Waals surface area (Å²) in [5, 5.41) is 12.6. The highest BCUT2D eigenvalue weighted by atomic mass is 35.5. The molecule has 0 aliphatic heterocycles. The van der Waals surface area contributed by atoms with E-state index in [1.54, 1.807) is 43.6 Å². The SMILES string of the molecule is COc1ccc(NC(=O)C(C)Sc2n[nH]c(Cc3cccs3)n2)cc1Cl. The van der Waals surface area contributed by atoms with E-state index in [1.165, 1.54) is 16.6 Å². The van der Waals surface area contributed by atoms with Gasteiger partial charge < -0.3 is 10.1 Å². The third-order valence-electron chi connectivity index (χ3n) is 3.50. The summed E-state index contributed by atoms with van der Waals surface area (Å²) < 4.78 is 5.10. The van der Waals surface area contributed by atoms with Crippen LogP contribution >= 0.6 is 34.7 Å². The van der Waals surface area contributed by atoms with Crippen LogP contribution in [0.1, 0.15) is 17.6 Å². The highest BCUT2D eigenvalue weighted by molar-refractivity contribution is 8.00. The van der Waals surface area contributed by atoms with Crippen molar-refractivity contribution in [2.75, 3.05) is 12.4 Å². The summed E-state index contributed by atoms with van der Waals surface area (Å²) in [5.41, 5.74) is 0.613. The highest BCUT2D eigenvalue weighted by Crippen LogP contribution is 2.28.